The van der Waals surface area contributed by atoms with Gasteiger partial charge < -0.3 is 9.84 Å². The zero-order valence-corrected chi connectivity index (χ0v) is 22.4. The molecule has 190 valence electrons. The summed E-state index contributed by atoms with van der Waals surface area (Å²) in [5, 5.41) is 10.5. The van der Waals surface area contributed by atoms with E-state index in [2.05, 4.69) is 79.4 Å². The van der Waals surface area contributed by atoms with E-state index in [1.165, 1.54) is 36.0 Å². The van der Waals surface area contributed by atoms with Gasteiger partial charge in [-0.1, -0.05) is 60.7 Å². The average molecular weight is 484 g/mol. The van der Waals surface area contributed by atoms with Crippen molar-refractivity contribution < 1.29 is 9.84 Å². The van der Waals surface area contributed by atoms with Crippen LogP contribution in [0.4, 0.5) is 0 Å². The molecule has 1 saturated heterocycles. The lowest BCUT2D eigenvalue weighted by Gasteiger charge is -2.41. The van der Waals surface area contributed by atoms with Crippen molar-refractivity contribution in [2.24, 2.45) is 5.92 Å². The highest BCUT2D eigenvalue weighted by Gasteiger charge is 2.36. The Balaban J connectivity index is 1.23. The molecule has 2 aliphatic heterocycles. The molecular formula is C33H41NO2. The van der Waals surface area contributed by atoms with Gasteiger partial charge >= 0.3 is 0 Å². The summed E-state index contributed by atoms with van der Waals surface area (Å²) in [5.74, 6) is 2.22. The van der Waals surface area contributed by atoms with Gasteiger partial charge in [0.2, 0.25) is 0 Å². The monoisotopic (exact) mass is 483 g/mol. The van der Waals surface area contributed by atoms with Gasteiger partial charge in [0, 0.05) is 5.56 Å². The summed E-state index contributed by atoms with van der Waals surface area (Å²) in [5.41, 5.74) is 6.89. The first-order valence-corrected chi connectivity index (χ1v) is 13.7. The van der Waals surface area contributed by atoms with Crippen molar-refractivity contribution in [1.82, 2.24) is 4.90 Å². The average Bonchev–Trinajstić information content (AvgIpc) is 2.92. The minimum absolute atomic E-state index is 0.124. The molecule has 5 rings (SSSR count). The Hall–Kier alpha value is -2.78. The van der Waals surface area contributed by atoms with Crippen molar-refractivity contribution in [1.29, 1.82) is 0 Å². The minimum atomic E-state index is -0.124. The summed E-state index contributed by atoms with van der Waals surface area (Å²) in [4.78, 5) is 2.68. The number of hydrogen-bond donors (Lipinski definition) is 1. The predicted molar refractivity (Wildman–Crippen MR) is 148 cm³/mol. The maximum atomic E-state index is 10.5. The third-order valence-corrected chi connectivity index (χ3v) is 8.92. The highest BCUT2D eigenvalue weighted by molar-refractivity contribution is 5.58. The molecular weight excluding hydrogens is 442 g/mol. The van der Waals surface area contributed by atoms with Crippen LogP contribution in [0.2, 0.25) is 0 Å². The molecule has 0 aromatic heterocycles. The standard InChI is InChI=1S/C33H41NO2/c1-23-24(2)32-29(25(3)31(23)35)16-20-33(4,36-32)19-15-26-17-21-34(22-18-26)30(27-11-7-5-8-12-27)28-13-9-6-10-14-28/h5-14,26,30,35H,15-22H2,1-4H3. The van der Waals surface area contributed by atoms with Crippen molar-refractivity contribution in [3.8, 4) is 11.5 Å². The first-order valence-electron chi connectivity index (χ1n) is 13.7. The Kier molecular flexibility index (Phi) is 7.12. The number of aromatic hydroxyl groups is 1. The van der Waals surface area contributed by atoms with Gasteiger partial charge in [0.25, 0.3) is 0 Å². The summed E-state index contributed by atoms with van der Waals surface area (Å²) < 4.78 is 6.71. The second-order valence-corrected chi connectivity index (χ2v) is 11.3. The number of phenolic OH excluding ortho intramolecular Hbond substituents is 1. The first-order chi connectivity index (χ1) is 17.4. The van der Waals surface area contributed by atoms with E-state index in [4.69, 9.17) is 4.74 Å². The van der Waals surface area contributed by atoms with Gasteiger partial charge in [-0.2, -0.15) is 0 Å². The number of rotatable bonds is 6. The number of phenols is 1. The first kappa shape index (κ1) is 24.9. The molecule has 0 radical (unpaired) electrons. The second-order valence-electron chi connectivity index (χ2n) is 11.3. The van der Waals surface area contributed by atoms with Crippen molar-refractivity contribution in [2.45, 2.75) is 77.9 Å². The van der Waals surface area contributed by atoms with Crippen LogP contribution in [0.5, 0.6) is 11.5 Å². The number of ether oxygens (including phenoxy) is 1. The van der Waals surface area contributed by atoms with E-state index >= 15 is 0 Å². The van der Waals surface area contributed by atoms with Gasteiger partial charge in [-0.15, -0.1) is 0 Å². The number of likely N-dealkylation sites (tertiary alicyclic amines) is 1. The fourth-order valence-electron chi connectivity index (χ4n) is 6.36. The highest BCUT2D eigenvalue weighted by Crippen LogP contribution is 2.45. The van der Waals surface area contributed by atoms with Crippen LogP contribution in [0.3, 0.4) is 0 Å². The number of piperidine rings is 1. The second kappa shape index (κ2) is 10.3. The largest absolute Gasteiger partial charge is 0.507 e. The Morgan fingerprint density at radius 2 is 1.47 bits per heavy atom. The van der Waals surface area contributed by atoms with Crippen molar-refractivity contribution in [2.75, 3.05) is 13.1 Å². The minimum Gasteiger partial charge on any atom is -0.507 e. The van der Waals surface area contributed by atoms with Gasteiger partial charge in [-0.25, -0.2) is 0 Å². The fourth-order valence-corrected chi connectivity index (χ4v) is 6.36. The zero-order valence-electron chi connectivity index (χ0n) is 22.4. The summed E-state index contributed by atoms with van der Waals surface area (Å²) in [6, 6.07) is 22.3. The molecule has 2 heterocycles. The predicted octanol–water partition coefficient (Wildman–Crippen LogP) is 7.68. The molecule has 3 aromatic carbocycles. The van der Waals surface area contributed by atoms with Gasteiger partial charge in [0.1, 0.15) is 17.1 Å². The van der Waals surface area contributed by atoms with Crippen LogP contribution >= 0.6 is 0 Å². The molecule has 1 N–H and O–H groups in total. The van der Waals surface area contributed by atoms with E-state index in [1.54, 1.807) is 0 Å². The molecule has 0 saturated carbocycles. The third-order valence-electron chi connectivity index (χ3n) is 8.92. The Labute approximate surface area is 217 Å². The van der Waals surface area contributed by atoms with E-state index in [-0.39, 0.29) is 5.60 Å². The van der Waals surface area contributed by atoms with E-state index in [9.17, 15) is 5.11 Å². The Morgan fingerprint density at radius 1 is 0.889 bits per heavy atom. The van der Waals surface area contributed by atoms with E-state index in [0.717, 1.165) is 60.7 Å². The third kappa shape index (κ3) is 4.91. The molecule has 3 aromatic rings. The Morgan fingerprint density at radius 3 is 2.06 bits per heavy atom. The summed E-state index contributed by atoms with van der Waals surface area (Å²) >= 11 is 0. The van der Waals surface area contributed by atoms with Crippen LogP contribution in [0.15, 0.2) is 60.7 Å². The van der Waals surface area contributed by atoms with Crippen LogP contribution in [-0.2, 0) is 6.42 Å². The lowest BCUT2D eigenvalue weighted by Crippen LogP contribution is -2.40. The van der Waals surface area contributed by atoms with Gasteiger partial charge in [-0.3, -0.25) is 4.90 Å². The molecule has 1 atom stereocenters. The normalized spacial score (nSPS) is 20.8. The van der Waals surface area contributed by atoms with Crippen LogP contribution < -0.4 is 4.74 Å². The van der Waals surface area contributed by atoms with Gasteiger partial charge in [0.15, 0.2) is 0 Å². The van der Waals surface area contributed by atoms with E-state index in [0.29, 0.717) is 11.8 Å². The molecule has 0 amide bonds. The van der Waals surface area contributed by atoms with Crippen LogP contribution in [0.25, 0.3) is 0 Å². The molecule has 1 unspecified atom stereocenters. The number of benzene rings is 3. The fraction of sp³-hybridized carbons (Fsp3) is 0.455. The van der Waals surface area contributed by atoms with Gasteiger partial charge in [-0.05, 0) is 113 Å². The summed E-state index contributed by atoms with van der Waals surface area (Å²) in [6.45, 7) is 10.7. The molecule has 3 nitrogen and oxygen atoms in total. The Bertz CT molecular complexity index is 1140. The van der Waals surface area contributed by atoms with Crippen molar-refractivity contribution in [3.05, 3.63) is 94.0 Å². The molecule has 36 heavy (non-hydrogen) atoms. The SMILES string of the molecule is Cc1c(C)c2c(c(C)c1O)CCC(C)(CCC1CCN(C(c3ccccc3)c3ccccc3)CC1)O2. The molecule has 2 aliphatic rings. The maximum Gasteiger partial charge on any atom is 0.127 e. The molecule has 0 spiro atoms. The van der Waals surface area contributed by atoms with Gasteiger partial charge in [0.05, 0.1) is 6.04 Å². The van der Waals surface area contributed by atoms with Crippen LogP contribution in [0, 0.1) is 26.7 Å². The van der Waals surface area contributed by atoms with Crippen molar-refractivity contribution >= 4 is 0 Å². The zero-order chi connectivity index (χ0) is 25.3. The molecule has 3 heteroatoms. The molecule has 1 fully saturated rings. The lowest BCUT2D eigenvalue weighted by molar-refractivity contribution is 0.0425. The smallest absolute Gasteiger partial charge is 0.127 e. The molecule has 0 bridgehead atoms. The van der Waals surface area contributed by atoms with E-state index in [1.807, 2.05) is 13.8 Å². The van der Waals surface area contributed by atoms with Crippen molar-refractivity contribution in [3.63, 3.8) is 0 Å². The maximum absolute atomic E-state index is 10.5. The van der Waals surface area contributed by atoms with Crippen LogP contribution in [0.1, 0.15) is 78.5 Å². The topological polar surface area (TPSA) is 32.7 Å². The lowest BCUT2D eigenvalue weighted by atomic mass is 9.81. The summed E-state index contributed by atoms with van der Waals surface area (Å²) in [6.07, 6.45) is 6.81. The number of fused-ring (bicyclic) bond motifs is 1. The number of nitrogens with zero attached hydrogens (tertiary/aromatic N) is 1. The van der Waals surface area contributed by atoms with Crippen LogP contribution in [-0.4, -0.2) is 28.7 Å². The highest BCUT2D eigenvalue weighted by atomic mass is 16.5. The molecule has 0 aliphatic carbocycles. The summed E-state index contributed by atoms with van der Waals surface area (Å²) in [7, 11) is 0. The van der Waals surface area contributed by atoms with E-state index < -0.39 is 0 Å². The quantitative estimate of drug-likeness (QED) is 0.390. The number of hydrogen-bond acceptors (Lipinski definition) is 3.